The van der Waals surface area contributed by atoms with Gasteiger partial charge >= 0.3 is 0 Å². The average molecular weight is 198 g/mol. The Hall–Kier alpha value is -1.44. The van der Waals surface area contributed by atoms with Crippen LogP contribution < -0.4 is 0 Å². The van der Waals surface area contributed by atoms with Gasteiger partial charge in [0.2, 0.25) is 0 Å². The summed E-state index contributed by atoms with van der Waals surface area (Å²) in [5.41, 5.74) is 6.01. The van der Waals surface area contributed by atoms with Crippen LogP contribution in [0, 0.1) is 11.8 Å². The highest BCUT2D eigenvalue weighted by Gasteiger charge is 2.03. The van der Waals surface area contributed by atoms with Crippen LogP contribution in [0.5, 0.6) is 0 Å². The van der Waals surface area contributed by atoms with Crippen LogP contribution in [0.15, 0.2) is 41.2 Å². The van der Waals surface area contributed by atoms with Gasteiger partial charge in [-0.2, -0.15) is 0 Å². The van der Waals surface area contributed by atoms with Gasteiger partial charge in [0.15, 0.2) is 0 Å². The van der Waals surface area contributed by atoms with Gasteiger partial charge in [-0.05, 0) is 36.1 Å². The minimum atomic E-state index is 0.991. The Morgan fingerprint density at radius 1 is 1.00 bits per heavy atom. The first-order chi connectivity index (χ1) is 7.47. The molecule has 0 saturated carbocycles. The molecule has 0 unspecified atom stereocenters. The van der Waals surface area contributed by atoms with Crippen molar-refractivity contribution in [1.29, 1.82) is 0 Å². The summed E-state index contributed by atoms with van der Waals surface area (Å²) in [5, 5.41) is 0. The average Bonchev–Trinajstić information content (AvgIpc) is 2.46. The summed E-state index contributed by atoms with van der Waals surface area (Å²) in [5.74, 6) is 6.35. The molecule has 0 aromatic heterocycles. The summed E-state index contributed by atoms with van der Waals surface area (Å²) in [4.78, 5) is 0. The molecule has 0 N–H and O–H groups in total. The maximum atomic E-state index is 3.18. The Balaban J connectivity index is 0.000000531. The summed E-state index contributed by atoms with van der Waals surface area (Å²) >= 11 is 0. The molecule has 0 radical (unpaired) electrons. The van der Waals surface area contributed by atoms with E-state index in [-0.39, 0.29) is 0 Å². The fraction of sp³-hybridized carbons (Fsp3) is 0.400. The monoisotopic (exact) mass is 198 g/mol. The molecule has 0 aromatic carbocycles. The van der Waals surface area contributed by atoms with E-state index in [1.54, 1.807) is 0 Å². The van der Waals surface area contributed by atoms with Crippen molar-refractivity contribution >= 4 is 0 Å². The molecule has 0 nitrogen and oxygen atoms in total. The number of rotatable bonds is 0. The van der Waals surface area contributed by atoms with Gasteiger partial charge in [-0.25, -0.2) is 0 Å². The Kier molecular flexibility index (Phi) is 5.38. The third-order valence-electron chi connectivity index (χ3n) is 2.32. The molecule has 0 amide bonds. The highest BCUT2D eigenvalue weighted by Crippen LogP contribution is 2.21. The van der Waals surface area contributed by atoms with Gasteiger partial charge in [0, 0.05) is 12.8 Å². The molecule has 0 aromatic rings. The van der Waals surface area contributed by atoms with E-state index in [1.807, 2.05) is 19.9 Å². The maximum Gasteiger partial charge on any atom is 0.0129 e. The quantitative estimate of drug-likeness (QED) is 0.405. The van der Waals surface area contributed by atoms with Gasteiger partial charge < -0.3 is 0 Å². The highest BCUT2D eigenvalue weighted by atomic mass is 14.1. The summed E-state index contributed by atoms with van der Waals surface area (Å²) in [7, 11) is 0. The van der Waals surface area contributed by atoms with Crippen molar-refractivity contribution in [2.75, 3.05) is 0 Å². The van der Waals surface area contributed by atoms with Crippen LogP contribution >= 0.6 is 0 Å². The zero-order valence-electron chi connectivity index (χ0n) is 9.64. The van der Waals surface area contributed by atoms with Crippen molar-refractivity contribution < 1.29 is 0 Å². The lowest BCUT2D eigenvalue weighted by Gasteiger charge is -2.07. The summed E-state index contributed by atoms with van der Waals surface area (Å²) in [6.45, 7) is 4.00. The van der Waals surface area contributed by atoms with Gasteiger partial charge in [0.1, 0.15) is 0 Å². The van der Waals surface area contributed by atoms with E-state index in [0.29, 0.717) is 0 Å². The Morgan fingerprint density at radius 3 is 2.40 bits per heavy atom. The van der Waals surface area contributed by atoms with Crippen molar-refractivity contribution in [3.8, 4) is 11.8 Å². The van der Waals surface area contributed by atoms with E-state index >= 15 is 0 Å². The molecule has 0 heterocycles. The van der Waals surface area contributed by atoms with Crippen LogP contribution in [0.25, 0.3) is 0 Å². The van der Waals surface area contributed by atoms with Crippen LogP contribution in [0.4, 0.5) is 0 Å². The molecule has 2 aliphatic rings. The lowest BCUT2D eigenvalue weighted by atomic mass is 9.98. The largest absolute Gasteiger partial charge is 0.121 e. The lowest BCUT2D eigenvalue weighted by molar-refractivity contribution is 0.939. The molecule has 0 heteroatoms. The van der Waals surface area contributed by atoms with Gasteiger partial charge in [0.25, 0.3) is 0 Å². The fourth-order valence-electron chi connectivity index (χ4n) is 1.62. The molecule has 0 saturated heterocycles. The second-order valence-corrected chi connectivity index (χ2v) is 3.24. The molecule has 0 aliphatic heterocycles. The van der Waals surface area contributed by atoms with Crippen LogP contribution in [0.2, 0.25) is 0 Å². The van der Waals surface area contributed by atoms with E-state index in [9.17, 15) is 0 Å². The van der Waals surface area contributed by atoms with Crippen molar-refractivity contribution in [1.82, 2.24) is 0 Å². The van der Waals surface area contributed by atoms with Crippen molar-refractivity contribution in [2.45, 2.75) is 39.5 Å². The molecule has 78 valence electrons. The SMILES string of the molecule is C1=CC=CC2=C(C=1)CCC#CCC2.CC. The summed E-state index contributed by atoms with van der Waals surface area (Å²) < 4.78 is 0. The van der Waals surface area contributed by atoms with Crippen molar-refractivity contribution in [3.63, 3.8) is 0 Å². The number of hydrogen-bond donors (Lipinski definition) is 0. The van der Waals surface area contributed by atoms with E-state index in [4.69, 9.17) is 0 Å². The molecule has 0 spiro atoms. The van der Waals surface area contributed by atoms with Crippen molar-refractivity contribution in [3.05, 3.63) is 41.2 Å². The fourth-order valence-corrected chi connectivity index (χ4v) is 1.62. The first-order valence-electron chi connectivity index (χ1n) is 5.74. The summed E-state index contributed by atoms with van der Waals surface area (Å²) in [6, 6.07) is 0. The van der Waals surface area contributed by atoms with Gasteiger partial charge in [-0.15, -0.1) is 17.6 Å². The molecule has 0 fully saturated rings. The Labute approximate surface area is 93.1 Å². The van der Waals surface area contributed by atoms with E-state index in [2.05, 4.69) is 35.8 Å². The topological polar surface area (TPSA) is 0 Å². The number of allylic oxidation sites excluding steroid dienone is 5. The molecule has 15 heavy (non-hydrogen) atoms. The molecule has 2 aliphatic carbocycles. The molecule has 0 atom stereocenters. The van der Waals surface area contributed by atoms with E-state index < -0.39 is 0 Å². The molecular weight excluding hydrogens is 180 g/mol. The van der Waals surface area contributed by atoms with Crippen LogP contribution in [-0.2, 0) is 0 Å². The standard InChI is InChI=1S/C13H12.C2H6/c1-2-5-9-13-11-7-3-6-10-12(13)8-4-1;1-2/h3,6,10-11H,4-5,8-9H2;1-2H3. The highest BCUT2D eigenvalue weighted by molar-refractivity contribution is 5.38. The molecular formula is C15H18. The normalized spacial score (nSPS) is 17.5. The predicted molar refractivity (Wildman–Crippen MR) is 66.4 cm³/mol. The van der Waals surface area contributed by atoms with Crippen LogP contribution in [0.1, 0.15) is 39.5 Å². The van der Waals surface area contributed by atoms with E-state index in [1.165, 1.54) is 11.1 Å². The van der Waals surface area contributed by atoms with Crippen molar-refractivity contribution in [2.24, 2.45) is 0 Å². The Bertz CT molecular complexity index is 374. The predicted octanol–water partition coefficient (Wildman–Crippen LogP) is 4.17. The maximum absolute atomic E-state index is 3.18. The lowest BCUT2D eigenvalue weighted by Crippen LogP contribution is -1.90. The minimum Gasteiger partial charge on any atom is -0.121 e. The smallest absolute Gasteiger partial charge is 0.0129 e. The van der Waals surface area contributed by atoms with Crippen LogP contribution in [-0.4, -0.2) is 0 Å². The van der Waals surface area contributed by atoms with E-state index in [0.717, 1.165) is 25.7 Å². The number of hydrogen-bond acceptors (Lipinski definition) is 0. The third kappa shape index (κ3) is 3.66. The van der Waals surface area contributed by atoms with Crippen LogP contribution in [0.3, 0.4) is 0 Å². The van der Waals surface area contributed by atoms with Gasteiger partial charge in [-0.3, -0.25) is 0 Å². The first kappa shape index (κ1) is 11.6. The van der Waals surface area contributed by atoms with Gasteiger partial charge in [-0.1, -0.05) is 26.0 Å². The Morgan fingerprint density at radius 2 is 1.67 bits per heavy atom. The minimum absolute atomic E-state index is 0.991. The second kappa shape index (κ2) is 6.93. The van der Waals surface area contributed by atoms with Gasteiger partial charge in [0.05, 0.1) is 0 Å². The zero-order valence-corrected chi connectivity index (χ0v) is 9.64. The third-order valence-corrected chi connectivity index (χ3v) is 2.32. The zero-order chi connectivity index (χ0) is 10.9. The first-order valence-corrected chi connectivity index (χ1v) is 5.74. The molecule has 2 rings (SSSR count). The second-order valence-electron chi connectivity index (χ2n) is 3.24. The molecule has 0 bridgehead atoms. The summed E-state index contributed by atoms with van der Waals surface area (Å²) in [6.07, 6.45) is 12.5.